The van der Waals surface area contributed by atoms with E-state index in [1.807, 2.05) is 13.8 Å². The number of aliphatic hydroxyl groups excluding tert-OH is 1. The molecule has 0 fully saturated rings. The minimum atomic E-state index is -4.01. The summed E-state index contributed by atoms with van der Waals surface area (Å²) in [5.74, 6) is 2.39. The SMILES string of the molecule is C#CC1=NO[C@H]([C@@H](CO)OC[C@H](COCCCC)OS(=O)(=O)c2ccc(C)cc2)C1. The number of unbranched alkanes of at least 4 members (excludes halogenated alkanes) is 1. The van der Waals surface area contributed by atoms with Crippen molar-refractivity contribution in [1.29, 1.82) is 0 Å². The number of benzene rings is 1. The van der Waals surface area contributed by atoms with Crippen LogP contribution >= 0.6 is 0 Å². The molecule has 0 radical (unpaired) electrons. The molecule has 1 aliphatic rings. The summed E-state index contributed by atoms with van der Waals surface area (Å²) in [6, 6.07) is 6.37. The summed E-state index contributed by atoms with van der Waals surface area (Å²) in [6.45, 7) is 3.95. The van der Waals surface area contributed by atoms with Crippen LogP contribution in [0.25, 0.3) is 0 Å². The van der Waals surface area contributed by atoms with Gasteiger partial charge in [0.15, 0.2) is 6.10 Å². The molecule has 0 saturated carbocycles. The van der Waals surface area contributed by atoms with Gasteiger partial charge in [0.25, 0.3) is 10.1 Å². The zero-order valence-electron chi connectivity index (χ0n) is 17.3. The van der Waals surface area contributed by atoms with E-state index in [0.29, 0.717) is 18.7 Å². The summed E-state index contributed by atoms with van der Waals surface area (Å²) in [4.78, 5) is 5.26. The van der Waals surface area contributed by atoms with E-state index in [9.17, 15) is 13.5 Å². The number of hydrogen-bond donors (Lipinski definition) is 1. The highest BCUT2D eigenvalue weighted by atomic mass is 32.2. The number of nitrogens with zero attached hydrogens (tertiary/aromatic N) is 1. The third kappa shape index (κ3) is 7.38. The van der Waals surface area contributed by atoms with Crippen LogP contribution in [0.4, 0.5) is 0 Å². The Morgan fingerprint density at radius 2 is 2.07 bits per heavy atom. The van der Waals surface area contributed by atoms with E-state index in [1.165, 1.54) is 12.1 Å². The minimum Gasteiger partial charge on any atom is -0.394 e. The number of ether oxygens (including phenoxy) is 2. The summed E-state index contributed by atoms with van der Waals surface area (Å²) < 4.78 is 41.9. The van der Waals surface area contributed by atoms with Crippen molar-refractivity contribution in [2.75, 3.05) is 26.4 Å². The summed E-state index contributed by atoms with van der Waals surface area (Å²) in [7, 11) is -4.01. The summed E-state index contributed by atoms with van der Waals surface area (Å²) in [5.41, 5.74) is 1.37. The predicted molar refractivity (Wildman–Crippen MR) is 112 cm³/mol. The first-order chi connectivity index (χ1) is 14.4. The van der Waals surface area contributed by atoms with E-state index in [-0.39, 0.29) is 24.7 Å². The molecule has 30 heavy (non-hydrogen) atoms. The molecule has 0 unspecified atom stereocenters. The van der Waals surface area contributed by atoms with Crippen LogP contribution in [-0.2, 0) is 28.6 Å². The van der Waals surface area contributed by atoms with Crippen LogP contribution in [0.15, 0.2) is 34.3 Å². The minimum absolute atomic E-state index is 0.0286. The van der Waals surface area contributed by atoms with Crippen molar-refractivity contribution >= 4 is 15.8 Å². The molecular formula is C21H29NO7S. The number of hydrogen-bond acceptors (Lipinski definition) is 8. The van der Waals surface area contributed by atoms with E-state index in [2.05, 4.69) is 11.1 Å². The van der Waals surface area contributed by atoms with Crippen molar-refractivity contribution in [3.05, 3.63) is 29.8 Å². The number of aryl methyl sites for hydroxylation is 1. The molecular weight excluding hydrogens is 410 g/mol. The molecule has 8 nitrogen and oxygen atoms in total. The van der Waals surface area contributed by atoms with Crippen molar-refractivity contribution in [2.24, 2.45) is 5.16 Å². The van der Waals surface area contributed by atoms with Gasteiger partial charge in [0.05, 0.1) is 24.7 Å². The molecule has 3 atom stereocenters. The third-order valence-corrected chi connectivity index (χ3v) is 5.84. The standard InChI is InChI=1S/C21H29NO7S/c1-4-6-11-26-14-18(29-30(24,25)19-9-7-16(3)8-10-19)15-27-21(13-23)20-12-17(5-2)22-28-20/h2,7-10,18,20-21,23H,4,6,11-15H2,1,3H3/t18-,20-,21+/m0/s1. The highest BCUT2D eigenvalue weighted by Crippen LogP contribution is 2.19. The Bertz CT molecular complexity index is 830. The summed E-state index contributed by atoms with van der Waals surface area (Å²) in [5, 5.41) is 13.4. The van der Waals surface area contributed by atoms with E-state index in [4.69, 9.17) is 24.9 Å². The molecule has 0 amide bonds. The van der Waals surface area contributed by atoms with Gasteiger partial charge in [0.1, 0.15) is 17.9 Å². The molecule has 0 aliphatic carbocycles. The van der Waals surface area contributed by atoms with Gasteiger partial charge in [-0.2, -0.15) is 8.42 Å². The van der Waals surface area contributed by atoms with Crippen molar-refractivity contribution in [3.8, 4) is 12.3 Å². The molecule has 9 heteroatoms. The Morgan fingerprint density at radius 3 is 2.67 bits per heavy atom. The molecule has 1 aromatic carbocycles. The first kappa shape index (κ1) is 24.3. The Morgan fingerprint density at radius 1 is 1.33 bits per heavy atom. The van der Waals surface area contributed by atoms with Crippen molar-refractivity contribution < 1.29 is 32.0 Å². The molecule has 166 valence electrons. The number of oxime groups is 1. The normalized spacial score (nSPS) is 18.3. The zero-order chi connectivity index (χ0) is 22.0. The fourth-order valence-electron chi connectivity index (χ4n) is 2.69. The quantitative estimate of drug-likeness (QED) is 0.285. The Kier molecular flexibility index (Phi) is 9.75. The van der Waals surface area contributed by atoms with Gasteiger partial charge in [-0.15, -0.1) is 6.42 Å². The van der Waals surface area contributed by atoms with E-state index in [0.717, 1.165) is 18.4 Å². The summed E-state index contributed by atoms with van der Waals surface area (Å²) >= 11 is 0. The first-order valence-electron chi connectivity index (χ1n) is 9.89. The highest BCUT2D eigenvalue weighted by molar-refractivity contribution is 7.86. The third-order valence-electron chi connectivity index (χ3n) is 4.47. The van der Waals surface area contributed by atoms with Crippen LogP contribution in [0.1, 0.15) is 31.7 Å². The Labute approximate surface area is 178 Å². The lowest BCUT2D eigenvalue weighted by atomic mass is 10.1. The van der Waals surface area contributed by atoms with Crippen LogP contribution in [0.5, 0.6) is 0 Å². The molecule has 1 aliphatic heterocycles. The smallest absolute Gasteiger partial charge is 0.297 e. The van der Waals surface area contributed by atoms with E-state index >= 15 is 0 Å². The lowest BCUT2D eigenvalue weighted by Crippen LogP contribution is -2.37. The highest BCUT2D eigenvalue weighted by Gasteiger charge is 2.31. The fraction of sp³-hybridized carbons (Fsp3) is 0.571. The van der Waals surface area contributed by atoms with Crippen LogP contribution < -0.4 is 0 Å². The molecule has 1 N–H and O–H groups in total. The zero-order valence-corrected chi connectivity index (χ0v) is 18.1. The van der Waals surface area contributed by atoms with Gasteiger partial charge in [-0.25, -0.2) is 0 Å². The number of terminal acetylenes is 1. The molecule has 2 rings (SSSR count). The van der Waals surface area contributed by atoms with Gasteiger partial charge in [-0.1, -0.05) is 42.1 Å². The molecule has 0 aromatic heterocycles. The number of aliphatic hydroxyl groups is 1. The monoisotopic (exact) mass is 439 g/mol. The second kappa shape index (κ2) is 12.0. The van der Waals surface area contributed by atoms with Crippen molar-refractivity contribution in [3.63, 3.8) is 0 Å². The van der Waals surface area contributed by atoms with E-state index < -0.39 is 28.4 Å². The summed E-state index contributed by atoms with van der Waals surface area (Å²) in [6.07, 6.45) is 5.27. The van der Waals surface area contributed by atoms with Gasteiger partial charge >= 0.3 is 0 Å². The fourth-order valence-corrected chi connectivity index (χ4v) is 3.74. The Hall–Kier alpha value is -1.96. The maximum Gasteiger partial charge on any atom is 0.297 e. The maximum atomic E-state index is 12.6. The van der Waals surface area contributed by atoms with Crippen LogP contribution in [0.2, 0.25) is 0 Å². The van der Waals surface area contributed by atoms with Crippen LogP contribution in [0.3, 0.4) is 0 Å². The van der Waals surface area contributed by atoms with Crippen molar-refractivity contribution in [2.45, 2.75) is 56.3 Å². The van der Waals surface area contributed by atoms with Crippen LogP contribution in [-0.4, -0.2) is 64.0 Å². The van der Waals surface area contributed by atoms with Crippen molar-refractivity contribution in [1.82, 2.24) is 0 Å². The average molecular weight is 440 g/mol. The van der Waals surface area contributed by atoms with Gasteiger partial charge in [0, 0.05) is 13.0 Å². The molecule has 0 spiro atoms. The predicted octanol–water partition coefficient (Wildman–Crippen LogP) is 2.04. The average Bonchev–Trinajstić information content (AvgIpc) is 3.20. The van der Waals surface area contributed by atoms with Gasteiger partial charge < -0.3 is 19.4 Å². The van der Waals surface area contributed by atoms with Crippen LogP contribution in [0, 0.1) is 19.3 Å². The van der Waals surface area contributed by atoms with Gasteiger partial charge in [0.2, 0.25) is 0 Å². The van der Waals surface area contributed by atoms with Gasteiger partial charge in [-0.3, -0.25) is 4.18 Å². The second-order valence-corrected chi connectivity index (χ2v) is 8.57. The topological polar surface area (TPSA) is 104 Å². The van der Waals surface area contributed by atoms with E-state index in [1.54, 1.807) is 12.1 Å². The first-order valence-corrected chi connectivity index (χ1v) is 11.3. The Balaban J connectivity index is 2.01. The lowest BCUT2D eigenvalue weighted by Gasteiger charge is -2.23. The van der Waals surface area contributed by atoms with Gasteiger partial charge in [-0.05, 0) is 25.5 Å². The molecule has 0 saturated heterocycles. The molecule has 1 heterocycles. The maximum absolute atomic E-state index is 12.6. The molecule has 0 bridgehead atoms. The second-order valence-electron chi connectivity index (χ2n) is 7.00. The molecule has 1 aromatic rings. The lowest BCUT2D eigenvalue weighted by molar-refractivity contribution is -0.103. The largest absolute Gasteiger partial charge is 0.394 e. The number of rotatable bonds is 13.